The van der Waals surface area contributed by atoms with E-state index >= 15 is 8.78 Å². The molecule has 2 saturated heterocycles. The second kappa shape index (κ2) is 10.4. The lowest BCUT2D eigenvalue weighted by Crippen LogP contribution is -2.58. The number of nitrogens with zero attached hydrogens (tertiary/aromatic N) is 2. The van der Waals surface area contributed by atoms with Gasteiger partial charge in [-0.25, -0.2) is 4.79 Å². The zero-order chi connectivity index (χ0) is 28.6. The fourth-order valence-electron chi connectivity index (χ4n) is 4.91. The van der Waals surface area contributed by atoms with Gasteiger partial charge in [0.1, 0.15) is 18.1 Å². The van der Waals surface area contributed by atoms with E-state index in [-0.39, 0.29) is 12.8 Å². The van der Waals surface area contributed by atoms with E-state index in [0.717, 1.165) is 13.2 Å². The fourth-order valence-corrected chi connectivity index (χ4v) is 4.91. The zero-order valence-electron chi connectivity index (χ0n) is 20.8. The van der Waals surface area contributed by atoms with Crippen LogP contribution < -0.4 is 16.0 Å². The molecule has 3 heterocycles. The number of nitriles is 1. The first-order chi connectivity index (χ1) is 17.5. The van der Waals surface area contributed by atoms with Crippen LogP contribution in [0, 0.1) is 28.6 Å². The summed E-state index contributed by atoms with van der Waals surface area (Å²) in [5, 5.41) is 16.1. The van der Waals surface area contributed by atoms with Crippen LogP contribution >= 0.6 is 0 Å². The predicted octanol–water partition coefficient (Wildman–Crippen LogP) is 1.62. The first kappa shape index (κ1) is 29.1. The van der Waals surface area contributed by atoms with E-state index in [1.165, 1.54) is 13.8 Å². The highest BCUT2D eigenvalue weighted by atomic mass is 19.4. The Labute approximate surface area is 214 Å². The number of rotatable bonds is 1. The van der Waals surface area contributed by atoms with Crippen LogP contribution in [0.2, 0.25) is 0 Å². The maximum atomic E-state index is 15.1. The summed E-state index contributed by atoms with van der Waals surface area (Å²) in [5.41, 5.74) is -1.62. The Morgan fingerprint density at radius 3 is 2.37 bits per heavy atom. The van der Waals surface area contributed by atoms with Crippen molar-refractivity contribution in [3.05, 3.63) is 12.2 Å². The molecule has 0 aromatic carbocycles. The average Bonchev–Trinajstić information content (AvgIpc) is 3.44. The van der Waals surface area contributed by atoms with E-state index in [1.807, 2.05) is 0 Å². The molecule has 0 spiro atoms. The largest absolute Gasteiger partial charge is 0.453 e. The summed E-state index contributed by atoms with van der Waals surface area (Å²) in [6, 6.07) is -4.71. The maximum Gasteiger partial charge on any atom is 0.407 e. The number of alkyl carbamates (subject to hydrolysis) is 1. The molecule has 10 nitrogen and oxygen atoms in total. The molecule has 3 aliphatic heterocycles. The minimum Gasteiger partial charge on any atom is -0.453 e. The van der Waals surface area contributed by atoms with E-state index in [2.05, 4.69) is 20.7 Å². The zero-order valence-corrected chi connectivity index (χ0v) is 20.8. The highest BCUT2D eigenvalue weighted by molar-refractivity contribution is 5.93. The second-order valence-corrected chi connectivity index (χ2v) is 10.3. The van der Waals surface area contributed by atoms with Gasteiger partial charge in [-0.2, -0.15) is 27.2 Å². The summed E-state index contributed by atoms with van der Waals surface area (Å²) in [6.45, 7) is 1.66. The van der Waals surface area contributed by atoms with Gasteiger partial charge in [-0.15, -0.1) is 0 Å². The number of hydrogen-bond donors (Lipinski definition) is 3. The molecule has 0 unspecified atom stereocenters. The second-order valence-electron chi connectivity index (χ2n) is 10.3. The minimum atomic E-state index is -4.78. The van der Waals surface area contributed by atoms with Gasteiger partial charge in [-0.1, -0.05) is 19.9 Å². The number of hydrogen-bond acceptors (Lipinski definition) is 6. The van der Waals surface area contributed by atoms with Crippen LogP contribution in [0.4, 0.5) is 26.7 Å². The molecule has 3 N–H and O–H groups in total. The van der Waals surface area contributed by atoms with Gasteiger partial charge >= 0.3 is 12.3 Å². The molecule has 0 saturated carbocycles. The summed E-state index contributed by atoms with van der Waals surface area (Å²) in [4.78, 5) is 51.7. The number of nitrogens with one attached hydrogen (secondary N) is 3. The van der Waals surface area contributed by atoms with Gasteiger partial charge < -0.3 is 25.6 Å². The minimum absolute atomic E-state index is 0.355. The molecule has 2 bridgehead atoms. The average molecular weight is 549 g/mol. The Morgan fingerprint density at radius 1 is 1.13 bits per heavy atom. The third-order valence-electron chi connectivity index (χ3n) is 7.19. The lowest BCUT2D eigenvalue weighted by Gasteiger charge is -2.36. The van der Waals surface area contributed by atoms with Crippen LogP contribution in [-0.4, -0.2) is 78.6 Å². The summed E-state index contributed by atoms with van der Waals surface area (Å²) < 4.78 is 75.6. The maximum absolute atomic E-state index is 15.1. The topological polar surface area (TPSA) is 141 Å². The number of amides is 4. The van der Waals surface area contributed by atoms with Crippen molar-refractivity contribution in [3.8, 4) is 6.07 Å². The molecule has 4 amide bonds. The Hall–Kier alpha value is -3.44. The Morgan fingerprint density at radius 2 is 1.79 bits per heavy atom. The summed E-state index contributed by atoms with van der Waals surface area (Å²) >= 11 is 0. The van der Waals surface area contributed by atoms with Gasteiger partial charge in [0.15, 0.2) is 0 Å². The SMILES string of the molecule is COC(=O)N[C@@H]1C(=O)N2C[C@H](C(F)(F)F)C[C@H]2C(=O)N[C@H](C#N)C[C@@H]2C[C@H](NC2=O)C(F)(F)/C=C/C1(C)C. The fraction of sp³-hybridized carbons (Fsp3) is 0.696. The van der Waals surface area contributed by atoms with E-state index in [1.54, 1.807) is 6.07 Å². The predicted molar refractivity (Wildman–Crippen MR) is 119 cm³/mol. The molecule has 0 aromatic heterocycles. The molecule has 0 aromatic rings. The Bertz CT molecular complexity index is 1060. The molecule has 3 rings (SSSR count). The van der Waals surface area contributed by atoms with Crippen LogP contribution in [0.5, 0.6) is 0 Å². The van der Waals surface area contributed by atoms with Crippen LogP contribution in [0.1, 0.15) is 33.1 Å². The van der Waals surface area contributed by atoms with Gasteiger partial charge in [0.05, 0.1) is 25.1 Å². The van der Waals surface area contributed by atoms with E-state index < -0.39 is 90.3 Å². The molecule has 15 heteroatoms. The number of fused-ring (bicyclic) bond motifs is 3. The van der Waals surface area contributed by atoms with Gasteiger partial charge in [0, 0.05) is 17.9 Å². The molecule has 38 heavy (non-hydrogen) atoms. The summed E-state index contributed by atoms with van der Waals surface area (Å²) in [5.74, 6) is -9.74. The third kappa shape index (κ3) is 5.99. The van der Waals surface area contributed by atoms with Crippen LogP contribution in [0.15, 0.2) is 12.2 Å². The van der Waals surface area contributed by atoms with Crippen molar-refractivity contribution in [1.82, 2.24) is 20.9 Å². The molecule has 210 valence electrons. The van der Waals surface area contributed by atoms with Crippen molar-refractivity contribution in [3.63, 3.8) is 0 Å². The van der Waals surface area contributed by atoms with E-state index in [4.69, 9.17) is 0 Å². The van der Waals surface area contributed by atoms with Crippen molar-refractivity contribution >= 4 is 23.8 Å². The number of carbonyl (C=O) groups is 4. The summed E-state index contributed by atoms with van der Waals surface area (Å²) in [6.07, 6.45) is -6.09. The number of carbonyl (C=O) groups excluding carboxylic acids is 4. The Kier molecular flexibility index (Phi) is 7.95. The van der Waals surface area contributed by atoms with Crippen LogP contribution in [0.25, 0.3) is 0 Å². The molecule has 0 radical (unpaired) electrons. The van der Waals surface area contributed by atoms with Gasteiger partial charge in [-0.3, -0.25) is 14.4 Å². The van der Waals surface area contributed by atoms with Gasteiger partial charge in [0.25, 0.3) is 5.92 Å². The first-order valence-corrected chi connectivity index (χ1v) is 11.8. The number of methoxy groups -OCH3 is 1. The van der Waals surface area contributed by atoms with Gasteiger partial charge in [-0.05, 0) is 25.3 Å². The lowest BCUT2D eigenvalue weighted by atomic mass is 9.82. The van der Waals surface area contributed by atoms with Crippen molar-refractivity contribution in [2.45, 2.75) is 69.4 Å². The monoisotopic (exact) mass is 549 g/mol. The molecular weight excluding hydrogens is 521 g/mol. The standard InChI is InChI=1S/C23H28F5N5O5/c1-21(2)4-5-22(24,25)15-7-11(17(34)31-15)6-13(9-29)30-18(35)14-8-12(23(26,27)28)10-33(14)19(36)16(21)32-20(37)38-3/h4-5,11-16H,6-8,10H2,1-3H3,(H,30,35)(H,31,34)(H,32,37)/b5-4+/t11-,12-,13+,14+,15+,16-/m1/s1. The molecule has 0 aliphatic carbocycles. The lowest BCUT2D eigenvalue weighted by molar-refractivity contribution is -0.171. The summed E-state index contributed by atoms with van der Waals surface area (Å²) in [7, 11) is 0.969. The number of ether oxygens (including phenoxy) is 1. The molecule has 3 aliphatic rings. The van der Waals surface area contributed by atoms with Gasteiger partial charge in [0.2, 0.25) is 17.7 Å². The number of alkyl halides is 5. The highest BCUT2D eigenvalue weighted by Crippen LogP contribution is 2.39. The van der Waals surface area contributed by atoms with E-state index in [0.29, 0.717) is 11.0 Å². The van der Waals surface area contributed by atoms with Crippen molar-refractivity contribution in [1.29, 1.82) is 5.26 Å². The highest BCUT2D eigenvalue weighted by Gasteiger charge is 2.54. The smallest absolute Gasteiger partial charge is 0.407 e. The Balaban J connectivity index is 2.11. The van der Waals surface area contributed by atoms with Crippen LogP contribution in [0.3, 0.4) is 0 Å². The molecular formula is C23H28F5N5O5. The van der Waals surface area contributed by atoms with Crippen LogP contribution in [-0.2, 0) is 19.1 Å². The van der Waals surface area contributed by atoms with Crippen molar-refractivity contribution < 1.29 is 45.9 Å². The normalized spacial score (nSPS) is 34.1. The van der Waals surface area contributed by atoms with Crippen molar-refractivity contribution in [2.75, 3.05) is 13.7 Å². The third-order valence-corrected chi connectivity index (χ3v) is 7.19. The number of halogens is 5. The molecule has 2 fully saturated rings. The van der Waals surface area contributed by atoms with E-state index in [9.17, 15) is 37.6 Å². The quantitative estimate of drug-likeness (QED) is 0.336. The van der Waals surface area contributed by atoms with Crippen molar-refractivity contribution in [2.24, 2.45) is 17.3 Å². The first-order valence-electron chi connectivity index (χ1n) is 11.8. The molecule has 6 atom stereocenters.